The Morgan fingerprint density at radius 3 is 2.71 bits per heavy atom. The second kappa shape index (κ2) is 5.54. The zero-order chi connectivity index (χ0) is 15.0. The van der Waals surface area contributed by atoms with Crippen molar-refractivity contribution >= 4 is 26.9 Å². The summed E-state index contributed by atoms with van der Waals surface area (Å²) in [5, 5.41) is 11.6. The molecule has 0 spiro atoms. The van der Waals surface area contributed by atoms with E-state index < -0.39 is 6.10 Å². The number of fused-ring (bicyclic) bond motifs is 1. The van der Waals surface area contributed by atoms with Crippen molar-refractivity contribution in [3.8, 4) is 5.75 Å². The first-order valence-corrected chi connectivity index (χ1v) is 7.39. The Morgan fingerprint density at radius 2 is 1.95 bits per heavy atom. The molecule has 0 aliphatic heterocycles. The standard InChI is InChI=1S/C17H15BrO3/c1-10-3-6-14-11(7-10)8-16(21-14)17(19)13-5-4-12(18)9-15(13)20-2/h3-9,17,19H,1-2H3. The molecule has 3 aromatic rings. The predicted molar refractivity (Wildman–Crippen MR) is 85.7 cm³/mol. The van der Waals surface area contributed by atoms with E-state index in [2.05, 4.69) is 15.9 Å². The molecule has 0 aliphatic rings. The summed E-state index contributed by atoms with van der Waals surface area (Å²) in [7, 11) is 1.58. The number of halogens is 1. The van der Waals surface area contributed by atoms with Crippen LogP contribution in [-0.4, -0.2) is 12.2 Å². The third kappa shape index (κ3) is 2.69. The molecular formula is C17H15BrO3. The van der Waals surface area contributed by atoms with Gasteiger partial charge in [-0.1, -0.05) is 33.6 Å². The number of benzene rings is 2. The molecule has 1 unspecified atom stereocenters. The molecule has 3 nitrogen and oxygen atoms in total. The van der Waals surface area contributed by atoms with E-state index in [1.54, 1.807) is 7.11 Å². The van der Waals surface area contributed by atoms with Gasteiger partial charge in [0.05, 0.1) is 7.11 Å². The van der Waals surface area contributed by atoms with E-state index in [4.69, 9.17) is 9.15 Å². The lowest BCUT2D eigenvalue weighted by molar-refractivity contribution is 0.188. The number of aryl methyl sites for hydroxylation is 1. The number of aliphatic hydroxyl groups is 1. The second-order valence-corrected chi connectivity index (χ2v) is 5.89. The number of rotatable bonds is 3. The number of aliphatic hydroxyl groups excluding tert-OH is 1. The van der Waals surface area contributed by atoms with Crippen LogP contribution in [0.5, 0.6) is 5.75 Å². The maximum Gasteiger partial charge on any atom is 0.140 e. The average molecular weight is 347 g/mol. The van der Waals surface area contributed by atoms with Gasteiger partial charge in [0, 0.05) is 15.4 Å². The lowest BCUT2D eigenvalue weighted by Gasteiger charge is -2.13. The van der Waals surface area contributed by atoms with Gasteiger partial charge in [-0.05, 0) is 37.3 Å². The molecule has 0 fully saturated rings. The molecule has 1 N–H and O–H groups in total. The third-order valence-corrected chi connectivity index (χ3v) is 3.94. The molecule has 0 saturated heterocycles. The van der Waals surface area contributed by atoms with Gasteiger partial charge in [0.25, 0.3) is 0 Å². The first kappa shape index (κ1) is 14.2. The van der Waals surface area contributed by atoms with E-state index in [1.165, 1.54) is 0 Å². The zero-order valence-electron chi connectivity index (χ0n) is 11.8. The van der Waals surface area contributed by atoms with Gasteiger partial charge >= 0.3 is 0 Å². The van der Waals surface area contributed by atoms with Crippen LogP contribution in [0.1, 0.15) is 23.0 Å². The van der Waals surface area contributed by atoms with Crippen LogP contribution >= 0.6 is 15.9 Å². The van der Waals surface area contributed by atoms with Crippen LogP contribution in [0.4, 0.5) is 0 Å². The van der Waals surface area contributed by atoms with Crippen LogP contribution in [0, 0.1) is 6.92 Å². The fraction of sp³-hybridized carbons (Fsp3) is 0.176. The van der Waals surface area contributed by atoms with Crippen LogP contribution in [0.25, 0.3) is 11.0 Å². The van der Waals surface area contributed by atoms with Crippen LogP contribution in [0.2, 0.25) is 0 Å². The summed E-state index contributed by atoms with van der Waals surface area (Å²) in [5.74, 6) is 1.13. The van der Waals surface area contributed by atoms with Crippen LogP contribution in [-0.2, 0) is 0 Å². The van der Waals surface area contributed by atoms with Gasteiger partial charge in [0.1, 0.15) is 23.2 Å². The number of hydrogen-bond donors (Lipinski definition) is 1. The van der Waals surface area contributed by atoms with Gasteiger partial charge in [0.2, 0.25) is 0 Å². The molecule has 2 aromatic carbocycles. The first-order valence-electron chi connectivity index (χ1n) is 6.60. The molecule has 0 radical (unpaired) electrons. The molecule has 1 atom stereocenters. The van der Waals surface area contributed by atoms with Crippen molar-refractivity contribution in [3.05, 3.63) is 63.8 Å². The Morgan fingerprint density at radius 1 is 1.14 bits per heavy atom. The van der Waals surface area contributed by atoms with E-state index >= 15 is 0 Å². The van der Waals surface area contributed by atoms with Gasteiger partial charge < -0.3 is 14.3 Å². The van der Waals surface area contributed by atoms with E-state index in [9.17, 15) is 5.11 Å². The molecule has 1 heterocycles. The fourth-order valence-electron chi connectivity index (χ4n) is 2.38. The van der Waals surface area contributed by atoms with E-state index in [0.29, 0.717) is 17.1 Å². The smallest absolute Gasteiger partial charge is 0.140 e. The summed E-state index contributed by atoms with van der Waals surface area (Å²) in [6, 6.07) is 13.3. The number of hydrogen-bond acceptors (Lipinski definition) is 3. The van der Waals surface area contributed by atoms with Crippen molar-refractivity contribution in [2.75, 3.05) is 7.11 Å². The van der Waals surface area contributed by atoms with Gasteiger partial charge in [-0.3, -0.25) is 0 Å². The van der Waals surface area contributed by atoms with Gasteiger partial charge in [-0.25, -0.2) is 0 Å². The Hall–Kier alpha value is -1.78. The van der Waals surface area contributed by atoms with Gasteiger partial charge in [0.15, 0.2) is 0 Å². The normalized spacial score (nSPS) is 12.6. The summed E-state index contributed by atoms with van der Waals surface area (Å²) >= 11 is 3.39. The van der Waals surface area contributed by atoms with Gasteiger partial charge in [-0.15, -0.1) is 0 Å². The fourth-order valence-corrected chi connectivity index (χ4v) is 2.72. The second-order valence-electron chi connectivity index (χ2n) is 4.98. The highest BCUT2D eigenvalue weighted by Crippen LogP contribution is 2.34. The average Bonchev–Trinajstić information content (AvgIpc) is 2.89. The highest BCUT2D eigenvalue weighted by molar-refractivity contribution is 9.10. The Balaban J connectivity index is 2.05. The quantitative estimate of drug-likeness (QED) is 0.753. The molecule has 21 heavy (non-hydrogen) atoms. The van der Waals surface area contributed by atoms with Crippen molar-refractivity contribution in [2.45, 2.75) is 13.0 Å². The van der Waals surface area contributed by atoms with Crippen LogP contribution in [0.15, 0.2) is 51.4 Å². The minimum absolute atomic E-state index is 0.510. The van der Waals surface area contributed by atoms with Crippen molar-refractivity contribution in [1.82, 2.24) is 0 Å². The lowest BCUT2D eigenvalue weighted by atomic mass is 10.1. The van der Waals surface area contributed by atoms with Crippen molar-refractivity contribution < 1.29 is 14.3 Å². The molecule has 0 amide bonds. The molecule has 0 bridgehead atoms. The minimum Gasteiger partial charge on any atom is -0.496 e. The SMILES string of the molecule is COc1cc(Br)ccc1C(O)c1cc2cc(C)ccc2o1. The Kier molecular flexibility index (Phi) is 3.74. The summed E-state index contributed by atoms with van der Waals surface area (Å²) in [4.78, 5) is 0. The Bertz CT molecular complexity index is 792. The molecule has 1 aromatic heterocycles. The highest BCUT2D eigenvalue weighted by atomic mass is 79.9. The van der Waals surface area contributed by atoms with Crippen LogP contribution in [0.3, 0.4) is 0 Å². The summed E-state index contributed by atoms with van der Waals surface area (Å²) in [5.41, 5.74) is 2.60. The zero-order valence-corrected chi connectivity index (χ0v) is 13.3. The number of methoxy groups -OCH3 is 1. The maximum absolute atomic E-state index is 10.6. The van der Waals surface area contributed by atoms with E-state index in [1.807, 2.05) is 49.4 Å². The molecule has 0 aliphatic carbocycles. The summed E-state index contributed by atoms with van der Waals surface area (Å²) in [6.45, 7) is 2.03. The van der Waals surface area contributed by atoms with E-state index in [-0.39, 0.29) is 0 Å². The highest BCUT2D eigenvalue weighted by Gasteiger charge is 2.19. The molecule has 0 saturated carbocycles. The van der Waals surface area contributed by atoms with Gasteiger partial charge in [-0.2, -0.15) is 0 Å². The number of furan rings is 1. The summed E-state index contributed by atoms with van der Waals surface area (Å²) in [6.07, 6.45) is -0.860. The minimum atomic E-state index is -0.860. The van der Waals surface area contributed by atoms with Crippen molar-refractivity contribution in [1.29, 1.82) is 0 Å². The number of ether oxygens (including phenoxy) is 1. The topological polar surface area (TPSA) is 42.6 Å². The monoisotopic (exact) mass is 346 g/mol. The summed E-state index contributed by atoms with van der Waals surface area (Å²) < 4.78 is 12.0. The Labute approximate surface area is 131 Å². The van der Waals surface area contributed by atoms with Crippen LogP contribution < -0.4 is 4.74 Å². The molecule has 108 valence electrons. The molecule has 4 heteroatoms. The molecular weight excluding hydrogens is 332 g/mol. The third-order valence-electron chi connectivity index (χ3n) is 3.45. The van der Waals surface area contributed by atoms with Crippen molar-refractivity contribution in [2.24, 2.45) is 0 Å². The first-order chi connectivity index (χ1) is 10.1. The predicted octanol–water partition coefficient (Wildman–Crippen LogP) is 4.59. The molecule has 3 rings (SSSR count). The largest absolute Gasteiger partial charge is 0.496 e. The lowest BCUT2D eigenvalue weighted by Crippen LogP contribution is -2.01. The van der Waals surface area contributed by atoms with E-state index in [0.717, 1.165) is 21.0 Å². The van der Waals surface area contributed by atoms with Crippen molar-refractivity contribution in [3.63, 3.8) is 0 Å². The maximum atomic E-state index is 10.6.